The van der Waals surface area contributed by atoms with E-state index in [0.717, 1.165) is 6.42 Å². The average molecular weight is 250 g/mol. The van der Waals surface area contributed by atoms with Gasteiger partial charge >= 0.3 is 5.97 Å². The van der Waals surface area contributed by atoms with Gasteiger partial charge in [-0.3, -0.25) is 0 Å². The monoisotopic (exact) mass is 250 g/mol. The van der Waals surface area contributed by atoms with Gasteiger partial charge in [-0.2, -0.15) is 0 Å². The lowest BCUT2D eigenvalue weighted by molar-refractivity contribution is 0.0690. The van der Waals surface area contributed by atoms with Crippen LogP contribution in [0.1, 0.15) is 22.6 Å². The summed E-state index contributed by atoms with van der Waals surface area (Å²) in [6, 6.07) is 4.95. The van der Waals surface area contributed by atoms with E-state index in [0.29, 0.717) is 32.0 Å². The summed E-state index contributed by atoms with van der Waals surface area (Å²) in [6.07, 6.45) is 2.66. The lowest BCUT2D eigenvalue weighted by Crippen LogP contribution is -2.20. The zero-order chi connectivity index (χ0) is 13.2. The first-order valence-corrected chi connectivity index (χ1v) is 5.82. The SMILES string of the molecule is C=CCCOCCNCc1cccc(C(=O)O)n1. The molecular formula is C13H18N2O3. The maximum atomic E-state index is 10.7. The number of carboxylic acids is 1. The molecule has 5 heteroatoms. The summed E-state index contributed by atoms with van der Waals surface area (Å²) in [6.45, 7) is 6.14. The highest BCUT2D eigenvalue weighted by molar-refractivity contribution is 5.85. The number of aromatic carboxylic acids is 1. The van der Waals surface area contributed by atoms with E-state index >= 15 is 0 Å². The number of nitrogens with zero attached hydrogens (tertiary/aromatic N) is 1. The van der Waals surface area contributed by atoms with E-state index in [1.807, 2.05) is 6.08 Å². The third-order valence-corrected chi connectivity index (χ3v) is 2.22. The van der Waals surface area contributed by atoms with Crippen molar-refractivity contribution in [2.75, 3.05) is 19.8 Å². The molecule has 0 unspecified atom stereocenters. The van der Waals surface area contributed by atoms with Crippen LogP contribution >= 0.6 is 0 Å². The quantitative estimate of drug-likeness (QED) is 0.513. The predicted octanol–water partition coefficient (Wildman–Crippen LogP) is 1.46. The minimum Gasteiger partial charge on any atom is -0.477 e. The van der Waals surface area contributed by atoms with Crippen molar-refractivity contribution in [2.45, 2.75) is 13.0 Å². The molecule has 0 aliphatic carbocycles. The van der Waals surface area contributed by atoms with Gasteiger partial charge in [0.25, 0.3) is 0 Å². The summed E-state index contributed by atoms with van der Waals surface area (Å²) in [4.78, 5) is 14.7. The van der Waals surface area contributed by atoms with Crippen molar-refractivity contribution in [3.8, 4) is 0 Å². The highest BCUT2D eigenvalue weighted by Gasteiger charge is 2.04. The molecule has 98 valence electrons. The van der Waals surface area contributed by atoms with Crippen molar-refractivity contribution in [1.82, 2.24) is 10.3 Å². The third kappa shape index (κ3) is 5.56. The van der Waals surface area contributed by atoms with Gasteiger partial charge in [0.05, 0.1) is 18.9 Å². The number of ether oxygens (including phenoxy) is 1. The Morgan fingerprint density at radius 1 is 1.50 bits per heavy atom. The summed E-state index contributed by atoms with van der Waals surface area (Å²) in [5.41, 5.74) is 0.775. The largest absolute Gasteiger partial charge is 0.477 e. The number of carbonyl (C=O) groups is 1. The topological polar surface area (TPSA) is 71.5 Å². The molecule has 2 N–H and O–H groups in total. The highest BCUT2D eigenvalue weighted by atomic mass is 16.5. The van der Waals surface area contributed by atoms with Gasteiger partial charge < -0.3 is 15.2 Å². The molecule has 0 amide bonds. The second-order valence-electron chi connectivity index (χ2n) is 3.69. The molecule has 1 heterocycles. The van der Waals surface area contributed by atoms with E-state index in [9.17, 15) is 4.79 Å². The molecule has 1 aromatic heterocycles. The Labute approximate surface area is 107 Å². The smallest absolute Gasteiger partial charge is 0.354 e. The maximum absolute atomic E-state index is 10.7. The second kappa shape index (κ2) is 8.38. The van der Waals surface area contributed by atoms with Crippen LogP contribution in [0.2, 0.25) is 0 Å². The van der Waals surface area contributed by atoms with Gasteiger partial charge in [0.15, 0.2) is 0 Å². The summed E-state index contributed by atoms with van der Waals surface area (Å²) in [5.74, 6) is -1.01. The molecule has 0 bridgehead atoms. The van der Waals surface area contributed by atoms with Crippen molar-refractivity contribution < 1.29 is 14.6 Å². The zero-order valence-corrected chi connectivity index (χ0v) is 10.3. The Kier molecular flexibility index (Phi) is 6.68. The van der Waals surface area contributed by atoms with Gasteiger partial charge in [0.2, 0.25) is 0 Å². The van der Waals surface area contributed by atoms with Crippen LogP contribution in [0.3, 0.4) is 0 Å². The Bertz CT molecular complexity index is 394. The molecule has 0 saturated heterocycles. The van der Waals surface area contributed by atoms with E-state index < -0.39 is 5.97 Å². The Morgan fingerprint density at radius 2 is 2.33 bits per heavy atom. The number of nitrogens with one attached hydrogen (secondary N) is 1. The van der Waals surface area contributed by atoms with Gasteiger partial charge in [-0.25, -0.2) is 9.78 Å². The van der Waals surface area contributed by atoms with Crippen LogP contribution in [0, 0.1) is 0 Å². The third-order valence-electron chi connectivity index (χ3n) is 2.22. The average Bonchev–Trinajstić information content (AvgIpc) is 2.38. The molecule has 0 atom stereocenters. The first-order valence-electron chi connectivity index (χ1n) is 5.82. The maximum Gasteiger partial charge on any atom is 0.354 e. The molecule has 5 nitrogen and oxygen atoms in total. The molecule has 1 aromatic rings. The van der Waals surface area contributed by atoms with E-state index in [-0.39, 0.29) is 5.69 Å². The molecule has 0 aliphatic rings. The summed E-state index contributed by atoms with van der Waals surface area (Å²) in [7, 11) is 0. The number of pyridine rings is 1. The van der Waals surface area contributed by atoms with E-state index in [4.69, 9.17) is 9.84 Å². The molecule has 1 rings (SSSR count). The van der Waals surface area contributed by atoms with Crippen LogP contribution in [0.4, 0.5) is 0 Å². The fourth-order valence-corrected chi connectivity index (χ4v) is 1.33. The minimum absolute atomic E-state index is 0.0662. The van der Waals surface area contributed by atoms with Crippen molar-refractivity contribution in [3.63, 3.8) is 0 Å². The van der Waals surface area contributed by atoms with Crippen molar-refractivity contribution >= 4 is 5.97 Å². The fourth-order valence-electron chi connectivity index (χ4n) is 1.33. The Balaban J connectivity index is 2.21. The molecule has 0 fully saturated rings. The lowest BCUT2D eigenvalue weighted by atomic mass is 10.3. The van der Waals surface area contributed by atoms with Crippen LogP contribution < -0.4 is 5.32 Å². The van der Waals surface area contributed by atoms with E-state index in [2.05, 4.69) is 16.9 Å². The van der Waals surface area contributed by atoms with Crippen LogP contribution in [-0.2, 0) is 11.3 Å². The van der Waals surface area contributed by atoms with E-state index in [1.165, 1.54) is 6.07 Å². The molecule has 0 saturated carbocycles. The van der Waals surface area contributed by atoms with Crippen molar-refractivity contribution in [2.24, 2.45) is 0 Å². The fraction of sp³-hybridized carbons (Fsp3) is 0.385. The van der Waals surface area contributed by atoms with Gasteiger partial charge in [-0.05, 0) is 18.6 Å². The van der Waals surface area contributed by atoms with Gasteiger partial charge in [0, 0.05) is 13.1 Å². The first-order chi connectivity index (χ1) is 8.74. The molecule has 0 spiro atoms. The zero-order valence-electron chi connectivity index (χ0n) is 10.3. The predicted molar refractivity (Wildman–Crippen MR) is 68.5 cm³/mol. The molecular weight excluding hydrogens is 232 g/mol. The van der Waals surface area contributed by atoms with Crippen LogP contribution in [0.25, 0.3) is 0 Å². The standard InChI is InChI=1S/C13H18N2O3/c1-2-3-8-18-9-7-14-10-11-5-4-6-12(15-11)13(16)17/h2,4-6,14H,1,3,7-10H2,(H,16,17). The van der Waals surface area contributed by atoms with E-state index in [1.54, 1.807) is 12.1 Å². The van der Waals surface area contributed by atoms with Crippen LogP contribution in [-0.4, -0.2) is 35.8 Å². The first kappa shape index (κ1) is 14.3. The van der Waals surface area contributed by atoms with Crippen molar-refractivity contribution in [1.29, 1.82) is 0 Å². The second-order valence-corrected chi connectivity index (χ2v) is 3.69. The lowest BCUT2D eigenvalue weighted by Gasteiger charge is -2.05. The number of hydrogen-bond acceptors (Lipinski definition) is 4. The van der Waals surface area contributed by atoms with Crippen molar-refractivity contribution in [3.05, 3.63) is 42.2 Å². The summed E-state index contributed by atoms with van der Waals surface area (Å²) >= 11 is 0. The van der Waals surface area contributed by atoms with Gasteiger partial charge in [-0.1, -0.05) is 12.1 Å². The number of hydrogen-bond donors (Lipinski definition) is 2. The summed E-state index contributed by atoms with van der Waals surface area (Å²) < 4.78 is 5.33. The van der Waals surface area contributed by atoms with Gasteiger partial charge in [0.1, 0.15) is 5.69 Å². The normalized spacial score (nSPS) is 10.2. The Hall–Kier alpha value is -1.72. The van der Waals surface area contributed by atoms with Crippen LogP contribution in [0.5, 0.6) is 0 Å². The number of rotatable bonds is 9. The highest BCUT2D eigenvalue weighted by Crippen LogP contribution is 1.99. The minimum atomic E-state index is -1.01. The summed E-state index contributed by atoms with van der Waals surface area (Å²) in [5, 5.41) is 11.9. The molecule has 0 aromatic carbocycles. The molecule has 0 radical (unpaired) electrons. The number of carboxylic acid groups (broad SMARTS) is 1. The Morgan fingerprint density at radius 3 is 3.06 bits per heavy atom. The van der Waals surface area contributed by atoms with Crippen LogP contribution in [0.15, 0.2) is 30.9 Å². The number of aromatic nitrogens is 1. The molecule has 0 aliphatic heterocycles. The molecule has 18 heavy (non-hydrogen) atoms. The van der Waals surface area contributed by atoms with Gasteiger partial charge in [-0.15, -0.1) is 6.58 Å².